The molecule has 0 aliphatic carbocycles. The molecule has 0 radical (unpaired) electrons. The summed E-state index contributed by atoms with van der Waals surface area (Å²) in [6.45, 7) is 3.01. The number of pyridine rings is 1. The number of aromatic nitrogens is 4. The van der Waals surface area contributed by atoms with Crippen LogP contribution in [-0.2, 0) is 16.1 Å². The highest BCUT2D eigenvalue weighted by molar-refractivity contribution is 7.99. The van der Waals surface area contributed by atoms with Crippen LogP contribution in [0.4, 0.5) is 0 Å². The number of amides is 1. The highest BCUT2D eigenvalue weighted by Gasteiger charge is 2.16. The molecule has 28 heavy (non-hydrogen) atoms. The number of nitrogens with one attached hydrogen (secondary N) is 1. The van der Waals surface area contributed by atoms with Crippen LogP contribution in [0.1, 0.15) is 12.5 Å². The summed E-state index contributed by atoms with van der Waals surface area (Å²) in [6, 6.07) is 13.9. The van der Waals surface area contributed by atoms with E-state index in [9.17, 15) is 4.79 Å². The zero-order valence-corrected chi connectivity index (χ0v) is 16.7. The van der Waals surface area contributed by atoms with E-state index in [-0.39, 0.29) is 17.7 Å². The number of thioether (sulfide) groups is 1. The molecule has 0 fully saturated rings. The van der Waals surface area contributed by atoms with Crippen LogP contribution in [0.25, 0.3) is 11.4 Å². The lowest BCUT2D eigenvalue weighted by Crippen LogP contribution is -2.36. The molecule has 2 aromatic heterocycles. The van der Waals surface area contributed by atoms with Crippen molar-refractivity contribution in [3.63, 3.8) is 0 Å². The van der Waals surface area contributed by atoms with E-state index >= 15 is 0 Å². The predicted molar refractivity (Wildman–Crippen MR) is 109 cm³/mol. The number of carbonyl (C=O) groups excluding carboxylic acids is 1. The first kappa shape index (κ1) is 20.0. The van der Waals surface area contributed by atoms with Crippen molar-refractivity contribution in [3.05, 3.63) is 60.4 Å². The van der Waals surface area contributed by atoms with Gasteiger partial charge in [-0.2, -0.15) is 0 Å². The smallest absolute Gasteiger partial charge is 0.230 e. The molecule has 0 aliphatic rings. The van der Waals surface area contributed by atoms with Crippen LogP contribution in [0.3, 0.4) is 0 Å². The van der Waals surface area contributed by atoms with Gasteiger partial charge in [0, 0.05) is 31.1 Å². The molecule has 1 amide bonds. The van der Waals surface area contributed by atoms with Crippen molar-refractivity contribution in [1.82, 2.24) is 25.1 Å². The molecule has 3 rings (SSSR count). The minimum Gasteiger partial charge on any atom is -0.383 e. The first-order valence-electron chi connectivity index (χ1n) is 8.96. The van der Waals surface area contributed by atoms with Crippen molar-refractivity contribution in [2.45, 2.75) is 24.7 Å². The van der Waals surface area contributed by atoms with Crippen molar-refractivity contribution >= 4 is 17.7 Å². The molecule has 1 aromatic carbocycles. The number of hydrogen-bond donors (Lipinski definition) is 1. The lowest BCUT2D eigenvalue weighted by atomic mass is 10.2. The predicted octanol–water partition coefficient (Wildman–Crippen LogP) is 2.63. The summed E-state index contributed by atoms with van der Waals surface area (Å²) in [4.78, 5) is 16.3. The van der Waals surface area contributed by atoms with Gasteiger partial charge in [0.05, 0.1) is 18.9 Å². The van der Waals surface area contributed by atoms with Crippen molar-refractivity contribution < 1.29 is 9.53 Å². The molecule has 1 N–H and O–H groups in total. The fourth-order valence-electron chi connectivity index (χ4n) is 2.76. The molecule has 0 spiro atoms. The quantitative estimate of drug-likeness (QED) is 0.559. The molecule has 1 atom stereocenters. The summed E-state index contributed by atoms with van der Waals surface area (Å²) in [5.74, 6) is 0.952. The van der Waals surface area contributed by atoms with Gasteiger partial charge in [0.15, 0.2) is 11.0 Å². The summed E-state index contributed by atoms with van der Waals surface area (Å²) in [7, 11) is 1.62. The zero-order valence-electron chi connectivity index (χ0n) is 15.9. The standard InChI is InChI=1S/C20H23N5O2S/c1-15(13-27-2)22-18(26)14-28-20-24-23-19(17-8-10-21-11-9-17)25(20)12-16-6-4-3-5-7-16/h3-11,15H,12-14H2,1-2H3,(H,22,26). The first-order chi connectivity index (χ1) is 13.7. The van der Waals surface area contributed by atoms with Gasteiger partial charge >= 0.3 is 0 Å². The Bertz CT molecular complexity index is 886. The van der Waals surface area contributed by atoms with Gasteiger partial charge in [0.2, 0.25) is 5.91 Å². The van der Waals surface area contributed by atoms with Gasteiger partial charge in [-0.15, -0.1) is 10.2 Å². The molecule has 7 nitrogen and oxygen atoms in total. The van der Waals surface area contributed by atoms with Crippen LogP contribution in [0.2, 0.25) is 0 Å². The molecule has 0 bridgehead atoms. The Morgan fingerprint density at radius 3 is 2.64 bits per heavy atom. The van der Waals surface area contributed by atoms with Crippen LogP contribution in [0.15, 0.2) is 60.0 Å². The van der Waals surface area contributed by atoms with Gasteiger partial charge in [-0.3, -0.25) is 14.3 Å². The van der Waals surface area contributed by atoms with E-state index in [1.165, 1.54) is 11.8 Å². The summed E-state index contributed by atoms with van der Waals surface area (Å²) in [5, 5.41) is 12.3. The average Bonchev–Trinajstić information content (AvgIpc) is 3.10. The van der Waals surface area contributed by atoms with E-state index in [0.29, 0.717) is 18.3 Å². The largest absolute Gasteiger partial charge is 0.383 e. The molecule has 0 saturated carbocycles. The van der Waals surface area contributed by atoms with E-state index < -0.39 is 0 Å². The number of rotatable bonds is 9. The lowest BCUT2D eigenvalue weighted by Gasteiger charge is -2.13. The highest BCUT2D eigenvalue weighted by atomic mass is 32.2. The second kappa shape index (κ2) is 10.0. The van der Waals surface area contributed by atoms with Crippen molar-refractivity contribution in [2.24, 2.45) is 0 Å². The molecule has 0 saturated heterocycles. The Balaban J connectivity index is 1.78. The van der Waals surface area contributed by atoms with Gasteiger partial charge < -0.3 is 10.1 Å². The average molecular weight is 398 g/mol. The summed E-state index contributed by atoms with van der Waals surface area (Å²) < 4.78 is 7.08. The Morgan fingerprint density at radius 2 is 1.93 bits per heavy atom. The second-order valence-electron chi connectivity index (χ2n) is 6.33. The van der Waals surface area contributed by atoms with Gasteiger partial charge in [-0.05, 0) is 24.6 Å². The molecule has 8 heteroatoms. The van der Waals surface area contributed by atoms with Gasteiger partial charge in [-0.25, -0.2) is 0 Å². The summed E-state index contributed by atoms with van der Waals surface area (Å²) in [6.07, 6.45) is 3.46. The molecule has 0 aliphatic heterocycles. The monoisotopic (exact) mass is 397 g/mol. The minimum absolute atomic E-state index is 0.0346. The lowest BCUT2D eigenvalue weighted by molar-refractivity contribution is -0.119. The SMILES string of the molecule is COCC(C)NC(=O)CSc1nnc(-c2ccncc2)n1Cc1ccccc1. The molecule has 146 valence electrons. The van der Waals surface area contributed by atoms with Gasteiger partial charge in [0.25, 0.3) is 0 Å². The number of methoxy groups -OCH3 is 1. The number of ether oxygens (including phenoxy) is 1. The Hall–Kier alpha value is -2.71. The zero-order chi connectivity index (χ0) is 19.8. The highest BCUT2D eigenvalue weighted by Crippen LogP contribution is 2.24. The first-order valence-corrected chi connectivity index (χ1v) is 9.94. The van der Waals surface area contributed by atoms with Crippen LogP contribution in [-0.4, -0.2) is 51.2 Å². The molecule has 2 heterocycles. The summed E-state index contributed by atoms with van der Waals surface area (Å²) in [5.41, 5.74) is 2.07. The second-order valence-corrected chi connectivity index (χ2v) is 7.27. The van der Waals surface area contributed by atoms with Crippen LogP contribution in [0.5, 0.6) is 0 Å². The molecular formula is C20H23N5O2S. The number of hydrogen-bond acceptors (Lipinski definition) is 6. The van der Waals surface area contributed by atoms with Crippen LogP contribution < -0.4 is 5.32 Å². The van der Waals surface area contributed by atoms with Gasteiger partial charge in [0.1, 0.15) is 0 Å². The third-order valence-electron chi connectivity index (χ3n) is 4.00. The van der Waals surface area contributed by atoms with E-state index in [0.717, 1.165) is 17.0 Å². The van der Waals surface area contributed by atoms with E-state index in [1.807, 2.05) is 41.8 Å². The number of carbonyl (C=O) groups is 1. The van der Waals surface area contributed by atoms with Crippen LogP contribution in [0, 0.1) is 0 Å². The third kappa shape index (κ3) is 5.40. The van der Waals surface area contributed by atoms with Crippen molar-refractivity contribution in [2.75, 3.05) is 19.5 Å². The van der Waals surface area contributed by atoms with E-state index in [4.69, 9.17) is 4.74 Å². The number of benzene rings is 1. The Labute approximate surface area is 168 Å². The van der Waals surface area contributed by atoms with Crippen molar-refractivity contribution in [1.29, 1.82) is 0 Å². The van der Waals surface area contributed by atoms with E-state index in [1.54, 1.807) is 19.5 Å². The van der Waals surface area contributed by atoms with Gasteiger partial charge in [-0.1, -0.05) is 42.1 Å². The molecule has 1 unspecified atom stereocenters. The minimum atomic E-state index is -0.0609. The maximum atomic E-state index is 12.2. The maximum absolute atomic E-state index is 12.2. The number of nitrogens with zero attached hydrogens (tertiary/aromatic N) is 4. The maximum Gasteiger partial charge on any atom is 0.230 e. The Kier molecular flexibility index (Phi) is 7.16. The Morgan fingerprint density at radius 1 is 1.18 bits per heavy atom. The summed E-state index contributed by atoms with van der Waals surface area (Å²) >= 11 is 1.37. The normalized spacial score (nSPS) is 11.9. The fraction of sp³-hybridized carbons (Fsp3) is 0.300. The molecular weight excluding hydrogens is 374 g/mol. The molecule has 3 aromatic rings. The van der Waals surface area contributed by atoms with E-state index in [2.05, 4.69) is 32.6 Å². The van der Waals surface area contributed by atoms with Crippen LogP contribution >= 0.6 is 11.8 Å². The third-order valence-corrected chi connectivity index (χ3v) is 4.96. The fourth-order valence-corrected chi connectivity index (χ4v) is 3.51. The van der Waals surface area contributed by atoms with Crippen molar-refractivity contribution in [3.8, 4) is 11.4 Å². The topological polar surface area (TPSA) is 81.9 Å².